The first-order valence-corrected chi connectivity index (χ1v) is 9.53. The Balaban J connectivity index is 1.74. The van der Waals surface area contributed by atoms with Crippen LogP contribution in [0.2, 0.25) is 0 Å². The number of alkyl halides is 1. The van der Waals surface area contributed by atoms with Crippen molar-refractivity contribution in [2.75, 3.05) is 46.9 Å². The van der Waals surface area contributed by atoms with Gasteiger partial charge in [-0.05, 0) is 49.4 Å². The van der Waals surface area contributed by atoms with Crippen LogP contribution in [0.5, 0.6) is 0 Å². The highest BCUT2D eigenvalue weighted by atomic mass is 19.1. The van der Waals surface area contributed by atoms with Gasteiger partial charge in [-0.2, -0.15) is 0 Å². The highest BCUT2D eigenvalue weighted by Gasteiger charge is 2.49. The van der Waals surface area contributed by atoms with Gasteiger partial charge in [0.2, 0.25) is 0 Å². The number of benzene rings is 1. The predicted molar refractivity (Wildman–Crippen MR) is 98.2 cm³/mol. The number of unbranched alkanes of at least 4 members (excludes halogenated alkanes) is 2. The number of urea groups is 1. The number of amides is 2. The van der Waals surface area contributed by atoms with Crippen molar-refractivity contribution in [2.24, 2.45) is 11.8 Å². The number of carbonyl (C=O) groups is 1. The molecule has 2 saturated heterocycles. The van der Waals surface area contributed by atoms with Crippen LogP contribution >= 0.6 is 0 Å². The SMILES string of the molecule is CN(C)C(=O)N1C[C@H]2CN(CCCCCF)C[C@H]2[C@H]1c1cccc(F)c1. The third kappa shape index (κ3) is 4.00. The second-order valence-corrected chi connectivity index (χ2v) is 7.76. The molecule has 0 aromatic heterocycles. The van der Waals surface area contributed by atoms with Crippen molar-refractivity contribution in [1.29, 1.82) is 0 Å². The third-order valence-corrected chi connectivity index (χ3v) is 5.67. The Morgan fingerprint density at radius 3 is 2.69 bits per heavy atom. The number of fused-ring (bicyclic) bond motifs is 1. The summed E-state index contributed by atoms with van der Waals surface area (Å²) in [7, 11) is 3.52. The largest absolute Gasteiger partial charge is 0.331 e. The minimum atomic E-state index is -0.260. The van der Waals surface area contributed by atoms with E-state index < -0.39 is 0 Å². The molecule has 0 N–H and O–H groups in total. The Kier molecular flexibility index (Phi) is 6.12. The molecule has 4 nitrogen and oxygen atoms in total. The summed E-state index contributed by atoms with van der Waals surface area (Å²) >= 11 is 0. The molecule has 0 spiro atoms. The molecule has 6 heteroatoms. The number of nitrogens with zero attached hydrogens (tertiary/aromatic N) is 3. The zero-order valence-corrected chi connectivity index (χ0v) is 15.7. The van der Waals surface area contributed by atoms with Crippen LogP contribution in [0.4, 0.5) is 13.6 Å². The van der Waals surface area contributed by atoms with Crippen LogP contribution in [0.1, 0.15) is 30.9 Å². The normalized spacial score (nSPS) is 25.5. The first kappa shape index (κ1) is 19.1. The Labute approximate surface area is 154 Å². The van der Waals surface area contributed by atoms with Crippen LogP contribution < -0.4 is 0 Å². The molecule has 0 radical (unpaired) electrons. The molecule has 26 heavy (non-hydrogen) atoms. The zero-order valence-electron chi connectivity index (χ0n) is 15.7. The molecule has 2 aliphatic heterocycles. The van der Waals surface area contributed by atoms with Gasteiger partial charge in [0.1, 0.15) is 5.82 Å². The van der Waals surface area contributed by atoms with Crippen LogP contribution in [0.15, 0.2) is 24.3 Å². The van der Waals surface area contributed by atoms with E-state index in [0.717, 1.165) is 38.0 Å². The van der Waals surface area contributed by atoms with E-state index in [9.17, 15) is 13.6 Å². The average Bonchev–Trinajstić information content (AvgIpc) is 3.15. The lowest BCUT2D eigenvalue weighted by Gasteiger charge is -2.32. The van der Waals surface area contributed by atoms with Gasteiger partial charge in [0, 0.05) is 39.6 Å². The maximum absolute atomic E-state index is 13.8. The first-order chi connectivity index (χ1) is 12.5. The van der Waals surface area contributed by atoms with E-state index in [1.807, 2.05) is 11.0 Å². The standard InChI is InChI=1S/C20H29F2N3O/c1-23(2)20(26)25-13-16-12-24(10-5-3-4-9-21)14-18(16)19(25)15-7-6-8-17(22)11-15/h6-8,11,16,18-19H,3-5,9-10,12-14H2,1-2H3/t16-,18-,19-/m1/s1. The number of rotatable bonds is 6. The van der Waals surface area contributed by atoms with Gasteiger partial charge in [-0.15, -0.1) is 0 Å². The lowest BCUT2D eigenvalue weighted by molar-refractivity contribution is 0.152. The van der Waals surface area contributed by atoms with E-state index in [1.165, 1.54) is 6.07 Å². The Morgan fingerprint density at radius 1 is 1.19 bits per heavy atom. The summed E-state index contributed by atoms with van der Waals surface area (Å²) in [5, 5.41) is 0. The molecule has 0 bridgehead atoms. The number of hydrogen-bond acceptors (Lipinski definition) is 2. The van der Waals surface area contributed by atoms with Crippen molar-refractivity contribution in [3.05, 3.63) is 35.6 Å². The van der Waals surface area contributed by atoms with Crippen LogP contribution in [0, 0.1) is 17.7 Å². The molecule has 3 rings (SSSR count). The lowest BCUT2D eigenvalue weighted by Crippen LogP contribution is -2.41. The van der Waals surface area contributed by atoms with Crippen LogP contribution in [-0.4, -0.2) is 67.7 Å². The zero-order chi connectivity index (χ0) is 18.7. The Morgan fingerprint density at radius 2 is 2.00 bits per heavy atom. The summed E-state index contributed by atoms with van der Waals surface area (Å²) in [5.41, 5.74) is 0.881. The summed E-state index contributed by atoms with van der Waals surface area (Å²) in [6.07, 6.45) is 2.56. The molecule has 2 fully saturated rings. The second-order valence-electron chi connectivity index (χ2n) is 7.76. The summed E-state index contributed by atoms with van der Waals surface area (Å²) in [4.78, 5) is 18.6. The molecule has 0 aliphatic carbocycles. The molecule has 1 aromatic carbocycles. The number of hydrogen-bond donors (Lipinski definition) is 0. The maximum Gasteiger partial charge on any atom is 0.320 e. The monoisotopic (exact) mass is 365 g/mol. The highest BCUT2D eigenvalue weighted by Crippen LogP contribution is 2.45. The molecule has 1 aromatic rings. The molecule has 2 amide bonds. The fourth-order valence-corrected chi connectivity index (χ4v) is 4.50. The smallest absolute Gasteiger partial charge is 0.320 e. The number of likely N-dealkylation sites (tertiary alicyclic amines) is 2. The minimum Gasteiger partial charge on any atom is -0.331 e. The van der Waals surface area contributed by atoms with Crippen molar-refractivity contribution < 1.29 is 13.6 Å². The van der Waals surface area contributed by atoms with Crippen LogP contribution in [0.3, 0.4) is 0 Å². The van der Waals surface area contributed by atoms with Gasteiger partial charge in [-0.25, -0.2) is 9.18 Å². The first-order valence-electron chi connectivity index (χ1n) is 9.53. The fourth-order valence-electron chi connectivity index (χ4n) is 4.50. The van der Waals surface area contributed by atoms with E-state index in [2.05, 4.69) is 4.90 Å². The second kappa shape index (κ2) is 8.33. The van der Waals surface area contributed by atoms with E-state index in [-0.39, 0.29) is 24.6 Å². The highest BCUT2D eigenvalue weighted by molar-refractivity contribution is 5.75. The van der Waals surface area contributed by atoms with Gasteiger partial charge in [-0.1, -0.05) is 12.1 Å². The average molecular weight is 365 g/mol. The summed E-state index contributed by atoms with van der Waals surface area (Å²) in [6.45, 7) is 3.32. The molecule has 2 aliphatic rings. The lowest BCUT2D eigenvalue weighted by atomic mass is 9.89. The molecule has 0 unspecified atom stereocenters. The summed E-state index contributed by atoms with van der Waals surface area (Å²) in [6, 6.07) is 6.56. The van der Waals surface area contributed by atoms with Crippen LogP contribution in [-0.2, 0) is 0 Å². The van der Waals surface area contributed by atoms with E-state index in [1.54, 1.807) is 31.1 Å². The molecular weight excluding hydrogens is 336 g/mol. The molecule has 2 heterocycles. The van der Waals surface area contributed by atoms with Crippen molar-refractivity contribution in [3.8, 4) is 0 Å². The van der Waals surface area contributed by atoms with Crippen molar-refractivity contribution in [1.82, 2.24) is 14.7 Å². The maximum atomic E-state index is 13.8. The van der Waals surface area contributed by atoms with E-state index in [0.29, 0.717) is 24.8 Å². The number of carbonyl (C=O) groups excluding carboxylic acids is 1. The van der Waals surface area contributed by atoms with E-state index in [4.69, 9.17) is 0 Å². The predicted octanol–water partition coefficient (Wildman–Crippen LogP) is 3.55. The molecule has 144 valence electrons. The van der Waals surface area contributed by atoms with Gasteiger partial charge >= 0.3 is 6.03 Å². The van der Waals surface area contributed by atoms with Crippen LogP contribution in [0.25, 0.3) is 0 Å². The quantitative estimate of drug-likeness (QED) is 0.721. The Bertz CT molecular complexity index is 625. The van der Waals surface area contributed by atoms with Gasteiger partial charge in [0.05, 0.1) is 12.7 Å². The van der Waals surface area contributed by atoms with Gasteiger partial charge in [0.25, 0.3) is 0 Å². The van der Waals surface area contributed by atoms with Gasteiger partial charge in [0.15, 0.2) is 0 Å². The van der Waals surface area contributed by atoms with Gasteiger partial charge < -0.3 is 14.7 Å². The Hall–Kier alpha value is -1.69. The van der Waals surface area contributed by atoms with E-state index >= 15 is 0 Å². The minimum absolute atomic E-state index is 0.0110. The molecule has 0 saturated carbocycles. The van der Waals surface area contributed by atoms with Crippen molar-refractivity contribution in [3.63, 3.8) is 0 Å². The summed E-state index contributed by atoms with van der Waals surface area (Å²) in [5.74, 6) is 0.472. The summed E-state index contributed by atoms with van der Waals surface area (Å²) < 4.78 is 26.1. The van der Waals surface area contributed by atoms with Crippen molar-refractivity contribution >= 4 is 6.03 Å². The molecule has 3 atom stereocenters. The number of halogens is 2. The van der Waals surface area contributed by atoms with Gasteiger partial charge in [-0.3, -0.25) is 4.39 Å². The van der Waals surface area contributed by atoms with Crippen molar-refractivity contribution in [2.45, 2.75) is 25.3 Å². The molecular formula is C20H29F2N3O. The third-order valence-electron chi connectivity index (χ3n) is 5.67. The fraction of sp³-hybridized carbons (Fsp3) is 0.650. The topological polar surface area (TPSA) is 26.8 Å².